The number of hydrogen-bond donors (Lipinski definition) is 3. The van der Waals surface area contributed by atoms with Gasteiger partial charge in [0.25, 0.3) is 5.56 Å². The third-order valence-corrected chi connectivity index (χ3v) is 4.00. The molecule has 1 atom stereocenters. The molecule has 3 rings (SSSR count). The highest BCUT2D eigenvalue weighted by Gasteiger charge is 2.22. The van der Waals surface area contributed by atoms with Crippen molar-refractivity contribution in [3.05, 3.63) is 34.3 Å². The van der Waals surface area contributed by atoms with Gasteiger partial charge in [0, 0.05) is 19.2 Å². The highest BCUT2D eigenvalue weighted by Crippen LogP contribution is 2.23. The Bertz CT molecular complexity index is 719. The van der Waals surface area contributed by atoms with Crippen molar-refractivity contribution in [3.8, 4) is 0 Å². The van der Waals surface area contributed by atoms with Crippen LogP contribution in [0.4, 0.5) is 11.5 Å². The number of rotatable bonds is 2. The molecule has 0 spiro atoms. The summed E-state index contributed by atoms with van der Waals surface area (Å²) < 4.78 is 3.44. The number of nitrogens with one attached hydrogen (secondary N) is 1. The van der Waals surface area contributed by atoms with Crippen molar-refractivity contribution in [3.63, 3.8) is 0 Å². The molecule has 1 aliphatic heterocycles. The van der Waals surface area contributed by atoms with Crippen LogP contribution in [0.3, 0.4) is 0 Å². The average molecular weight is 305 g/mol. The molecular weight excluding hydrogens is 280 g/mol. The first-order valence-corrected chi connectivity index (χ1v) is 7.12. The minimum atomic E-state index is -0.140. The number of allylic oxidation sites excluding steroid dienone is 1. The molecule has 7 nitrogen and oxygen atoms in total. The largest absolute Gasteiger partial charge is 0.397 e. The number of anilines is 1. The van der Waals surface area contributed by atoms with E-state index in [9.17, 15) is 4.79 Å². The van der Waals surface area contributed by atoms with Crippen molar-refractivity contribution in [2.24, 2.45) is 10.7 Å². The Morgan fingerprint density at radius 2 is 1.95 bits per heavy atom. The van der Waals surface area contributed by atoms with Gasteiger partial charge < -0.3 is 16.4 Å². The molecule has 1 aromatic rings. The maximum atomic E-state index is 12.3. The zero-order valence-corrected chi connectivity index (χ0v) is 12.3. The van der Waals surface area contributed by atoms with Crippen molar-refractivity contribution in [2.75, 3.05) is 19.8 Å². The fourth-order valence-electron chi connectivity index (χ4n) is 2.74. The highest BCUT2D eigenvalue weighted by molar-refractivity contribution is 6.10. The first-order valence-electron chi connectivity index (χ1n) is 7.12. The number of likely N-dealkylation sites (N-methyl/N-ethyl adjacent to an activating group) is 1. The van der Waals surface area contributed by atoms with Crippen LogP contribution in [0.1, 0.15) is 13.8 Å². The van der Waals surface area contributed by atoms with E-state index in [1.165, 1.54) is 4.90 Å². The third kappa shape index (κ3) is 2.48. The SMILES string of the molecule is C.C[NH+](C)C1C=CC(=Nc2c(N)n3n(c2=O)CCC3)C(N)=C1. The lowest BCUT2D eigenvalue weighted by molar-refractivity contribution is -0.871. The quantitative estimate of drug-likeness (QED) is 0.672. The zero-order valence-electron chi connectivity index (χ0n) is 12.3. The lowest BCUT2D eigenvalue weighted by atomic mass is 10.1. The summed E-state index contributed by atoms with van der Waals surface area (Å²) in [6, 6.07) is 0.224. The van der Waals surface area contributed by atoms with Crippen molar-refractivity contribution in [1.82, 2.24) is 9.36 Å². The fraction of sp³-hybridized carbons (Fsp3) is 0.467. The lowest BCUT2D eigenvalue weighted by Gasteiger charge is -2.18. The Balaban J connectivity index is 0.00000176. The van der Waals surface area contributed by atoms with Crippen molar-refractivity contribution >= 4 is 17.2 Å². The minimum Gasteiger partial charge on any atom is -0.397 e. The summed E-state index contributed by atoms with van der Waals surface area (Å²) >= 11 is 0. The second-order valence-electron chi connectivity index (χ2n) is 5.72. The third-order valence-electron chi connectivity index (χ3n) is 4.00. The Kier molecular flexibility index (Phi) is 4.27. The van der Waals surface area contributed by atoms with Crippen LogP contribution in [0.5, 0.6) is 0 Å². The first-order chi connectivity index (χ1) is 9.99. The van der Waals surface area contributed by atoms with Crippen LogP contribution in [0, 0.1) is 0 Å². The van der Waals surface area contributed by atoms with Gasteiger partial charge in [0.15, 0.2) is 11.5 Å². The van der Waals surface area contributed by atoms with E-state index in [4.69, 9.17) is 11.5 Å². The van der Waals surface area contributed by atoms with Crippen LogP contribution >= 0.6 is 0 Å². The summed E-state index contributed by atoms with van der Waals surface area (Å²) in [7, 11) is 4.12. The van der Waals surface area contributed by atoms with Gasteiger partial charge in [-0.15, -0.1) is 0 Å². The summed E-state index contributed by atoms with van der Waals surface area (Å²) in [6.07, 6.45) is 6.78. The monoisotopic (exact) mass is 305 g/mol. The van der Waals surface area contributed by atoms with Crippen LogP contribution in [0.2, 0.25) is 0 Å². The molecule has 1 aliphatic carbocycles. The van der Waals surface area contributed by atoms with E-state index in [0.717, 1.165) is 13.0 Å². The molecule has 2 heterocycles. The van der Waals surface area contributed by atoms with Gasteiger partial charge in [-0.3, -0.25) is 9.48 Å². The smallest absolute Gasteiger partial charge is 0.294 e. The number of hydrogen-bond acceptors (Lipinski definition) is 4. The Hall–Kier alpha value is -2.28. The molecule has 0 aromatic carbocycles. The second kappa shape index (κ2) is 5.84. The van der Waals surface area contributed by atoms with Crippen LogP contribution in [-0.4, -0.2) is 35.2 Å². The van der Waals surface area contributed by atoms with Crippen LogP contribution in [0.25, 0.3) is 0 Å². The summed E-state index contributed by atoms with van der Waals surface area (Å²) in [5.74, 6) is 0.423. The van der Waals surface area contributed by atoms with Crippen LogP contribution < -0.4 is 21.9 Å². The maximum Gasteiger partial charge on any atom is 0.294 e. The van der Waals surface area contributed by atoms with Crippen molar-refractivity contribution in [1.29, 1.82) is 0 Å². The molecule has 1 aromatic heterocycles. The van der Waals surface area contributed by atoms with Gasteiger partial charge in [-0.1, -0.05) is 7.43 Å². The Morgan fingerprint density at radius 3 is 2.55 bits per heavy atom. The molecular formula is C15H25N6O+. The molecule has 0 saturated heterocycles. The molecule has 120 valence electrons. The molecule has 1 unspecified atom stereocenters. The van der Waals surface area contributed by atoms with E-state index in [-0.39, 0.29) is 19.0 Å². The molecule has 7 heteroatoms. The normalized spacial score (nSPS) is 21.9. The highest BCUT2D eigenvalue weighted by atomic mass is 16.1. The van der Waals surface area contributed by atoms with Crippen molar-refractivity contribution < 1.29 is 4.90 Å². The molecule has 0 saturated carbocycles. The van der Waals surface area contributed by atoms with E-state index in [1.807, 2.05) is 18.2 Å². The molecule has 5 N–H and O–H groups in total. The molecule has 0 fully saturated rings. The van der Waals surface area contributed by atoms with Gasteiger partial charge in [0.2, 0.25) is 0 Å². The van der Waals surface area contributed by atoms with Gasteiger partial charge in [0.05, 0.1) is 25.5 Å². The maximum absolute atomic E-state index is 12.3. The van der Waals surface area contributed by atoms with E-state index in [2.05, 4.69) is 19.1 Å². The van der Waals surface area contributed by atoms with E-state index in [0.29, 0.717) is 29.5 Å². The number of aliphatic imine (C=N–C) groups is 1. The predicted molar refractivity (Wildman–Crippen MR) is 89.6 cm³/mol. The number of nitrogens with two attached hydrogens (primary N) is 2. The van der Waals surface area contributed by atoms with Crippen molar-refractivity contribution in [2.45, 2.75) is 33.0 Å². The van der Waals surface area contributed by atoms with Crippen LogP contribution in [-0.2, 0) is 13.1 Å². The molecule has 2 aliphatic rings. The number of fused-ring (bicyclic) bond motifs is 1. The molecule has 22 heavy (non-hydrogen) atoms. The number of aromatic nitrogens is 2. The Morgan fingerprint density at radius 1 is 1.27 bits per heavy atom. The topological polar surface area (TPSA) is 95.8 Å². The first kappa shape index (κ1) is 16.1. The number of nitrogen functional groups attached to an aromatic ring is 1. The van der Waals surface area contributed by atoms with Gasteiger partial charge in [-0.05, 0) is 18.6 Å². The standard InChI is InChI=1S/C14H20N6O.CH4/c1-18(2)9-4-5-11(10(15)8-9)17-12-13(16)19-6-3-7-20(19)14(12)21;/h4-5,8-9H,3,6-7,15-16H2,1-2H3;1H4/p+1. The summed E-state index contributed by atoms with van der Waals surface area (Å²) in [5.41, 5.74) is 13.4. The average Bonchev–Trinajstić information content (AvgIpc) is 3.00. The van der Waals surface area contributed by atoms with E-state index >= 15 is 0 Å². The molecule has 0 radical (unpaired) electrons. The van der Waals surface area contributed by atoms with Gasteiger partial charge in [0.1, 0.15) is 6.04 Å². The zero-order chi connectivity index (χ0) is 15.1. The summed E-state index contributed by atoms with van der Waals surface area (Å²) in [5, 5.41) is 0. The number of quaternary nitrogens is 1. The summed E-state index contributed by atoms with van der Waals surface area (Å²) in [6.45, 7) is 1.46. The Labute approximate surface area is 130 Å². The van der Waals surface area contributed by atoms with Gasteiger partial charge in [-0.25, -0.2) is 9.67 Å². The van der Waals surface area contributed by atoms with E-state index < -0.39 is 0 Å². The fourth-order valence-corrected chi connectivity index (χ4v) is 2.74. The number of nitrogens with zero attached hydrogens (tertiary/aromatic N) is 3. The second-order valence-corrected chi connectivity index (χ2v) is 5.72. The van der Waals surface area contributed by atoms with E-state index in [1.54, 1.807) is 9.36 Å². The predicted octanol–water partition coefficient (Wildman–Crippen LogP) is -0.730. The molecule has 0 bridgehead atoms. The lowest BCUT2D eigenvalue weighted by Crippen LogP contribution is -3.09. The molecule has 0 amide bonds. The summed E-state index contributed by atoms with van der Waals surface area (Å²) in [4.78, 5) is 18.0. The van der Waals surface area contributed by atoms with Crippen LogP contribution in [0.15, 0.2) is 33.7 Å². The van der Waals surface area contributed by atoms with Gasteiger partial charge >= 0.3 is 0 Å². The van der Waals surface area contributed by atoms with Gasteiger partial charge in [-0.2, -0.15) is 0 Å². The minimum absolute atomic E-state index is 0.